The SMILES string of the molecule is CCCC(C(=O)Cc1cnn(-c2ccc(F)cc2)c1-c1ccccc1)n1nc(C(F)(F)F)c(Cl)c1C.Cc1c(Cl)c(C(F)(F)F)nn1C(CCO)C(=O)Cc1cnn(-c2ccc(F)cc2)c1-c1ccccc1.Cc1c(Cl)c(C(F)(F)F)nn1C1CCN(c2cnn(-c3ccc(F)cc3)c2-c2ccccc2)C1=O.Cc1c(Cl)c(C(F)(F)F)nn1C1CCOC1=O.Nc1cnn(-c2ccc(F)cc2)c1-c1ccccc1. The fourth-order valence-electron chi connectivity index (χ4n) is 16.2. The van der Waals surface area contributed by atoms with Crippen molar-refractivity contribution in [1.29, 1.82) is 0 Å². The van der Waals surface area contributed by atoms with Gasteiger partial charge in [-0.2, -0.15) is 93.5 Å². The van der Waals surface area contributed by atoms with E-state index in [1.807, 2.05) is 128 Å². The molecule has 4 atom stereocenters. The number of nitrogens with zero attached hydrogens (tertiary/aromatic N) is 17. The summed E-state index contributed by atoms with van der Waals surface area (Å²) >= 11 is 23.3. The van der Waals surface area contributed by atoms with Gasteiger partial charge in [-0.1, -0.05) is 181 Å². The standard InChI is InChI=1S/C26H23ClF4N4O.C25H21ClF4N4O2.C24H18ClF4N5O.C15H12FN3.C9H8ClF3N2O2/c1-3-7-21(34-16(2)23(27)25(33-34)26(29,30)31)22(36)14-18-15-32-35(20-12-10-19(28)11-13-20)24(18)17-8-5-4-6-9-17;1-15-22(26)24(25(28,29)30)32-33(15)20(11-12-35)21(36)13-17-14-31-34(19-9-7-18(27)8-10-19)23(17)16-5-3-2-4-6-16;1-14-20(25)22(24(27,28)29)31-33(14)18-11-12-32(23(18)35)19-13-30-34(17-9-7-16(26)8-10-17)21(19)15-5-3-2-4-6-15;16-12-6-8-13(9-7-12)19-15(14(17)10-18-19)11-4-2-1-3-5-11;1-4-6(10)7(9(11,12)13)14-15(4)5-2-3-17-8(5)16/h4-6,8-13,15,21H,3,7,14H2,1-2H3;2-10,14,20,35H,11-13H2,1H3;2-10,13,18H,11-12H2,1H3;1-10H,17H2;5H,2-3H2,1H3. The number of ketones is 2. The Balaban J connectivity index is 0.000000146. The van der Waals surface area contributed by atoms with Crippen molar-refractivity contribution >= 4 is 81.2 Å². The van der Waals surface area contributed by atoms with Crippen LogP contribution in [0.1, 0.15) is 120 Å². The second-order valence-corrected chi connectivity index (χ2v) is 34.0. The molecule has 0 aliphatic carbocycles. The molecule has 3 N–H and O–H groups in total. The number of aliphatic hydroxyl groups is 1. The van der Waals surface area contributed by atoms with Gasteiger partial charge in [-0.05, 0) is 144 Å². The highest BCUT2D eigenvalue weighted by Crippen LogP contribution is 2.45. The zero-order chi connectivity index (χ0) is 103. The Morgan fingerprint density at radius 1 is 0.413 bits per heavy atom. The van der Waals surface area contributed by atoms with Crippen LogP contribution in [-0.4, -0.2) is 127 Å². The number of amides is 1. The number of hydrogen-bond acceptors (Lipinski definition) is 15. The van der Waals surface area contributed by atoms with Gasteiger partial charge >= 0.3 is 30.7 Å². The van der Waals surface area contributed by atoms with E-state index in [2.05, 4.69) is 45.5 Å². The number of carbonyl (C=O) groups is 4. The van der Waals surface area contributed by atoms with Crippen LogP contribution in [0.2, 0.25) is 20.1 Å². The Bertz CT molecular complexity index is 6980. The fraction of sp³-hybridized carbons (Fsp3) is 0.232. The highest BCUT2D eigenvalue weighted by molar-refractivity contribution is 6.33. The van der Waals surface area contributed by atoms with Crippen LogP contribution in [0.25, 0.3) is 67.8 Å². The summed E-state index contributed by atoms with van der Waals surface area (Å²) in [6, 6.07) is 56.8. The highest BCUT2D eigenvalue weighted by Gasteiger charge is 2.46. The Labute approximate surface area is 824 Å². The van der Waals surface area contributed by atoms with Crippen molar-refractivity contribution < 1.29 is 99.3 Å². The summed E-state index contributed by atoms with van der Waals surface area (Å²) in [6.07, 6.45) is -11.8. The van der Waals surface area contributed by atoms with E-state index >= 15 is 0 Å². The van der Waals surface area contributed by atoms with Gasteiger partial charge in [0.05, 0.1) is 131 Å². The number of aliphatic hydroxyl groups excluding tert-OH is 1. The molecule has 8 aromatic carbocycles. The molecule has 8 aromatic heterocycles. The van der Waals surface area contributed by atoms with Crippen LogP contribution < -0.4 is 10.6 Å². The van der Waals surface area contributed by atoms with Crippen molar-refractivity contribution in [3.05, 3.63) is 343 Å². The van der Waals surface area contributed by atoms with Crippen molar-refractivity contribution in [2.45, 2.75) is 128 Å². The minimum atomic E-state index is -4.79. The second kappa shape index (κ2) is 43.9. The first-order valence-electron chi connectivity index (χ1n) is 43.7. The van der Waals surface area contributed by atoms with Gasteiger partial charge < -0.3 is 20.5 Å². The third kappa shape index (κ3) is 23.2. The van der Waals surface area contributed by atoms with Crippen LogP contribution in [0.4, 0.5) is 81.6 Å². The molecule has 744 valence electrons. The number of alkyl halides is 12. The molecule has 143 heavy (non-hydrogen) atoms. The van der Waals surface area contributed by atoms with E-state index in [0.29, 0.717) is 75.9 Å². The molecule has 0 bridgehead atoms. The average Bonchev–Trinajstić information content (AvgIpc) is 1.60. The third-order valence-electron chi connectivity index (χ3n) is 23.1. The number of aromatic nitrogens is 16. The van der Waals surface area contributed by atoms with E-state index in [0.717, 1.165) is 52.4 Å². The number of carbonyl (C=O) groups excluding carboxylic acids is 4. The maximum atomic E-state index is 13.5. The van der Waals surface area contributed by atoms with Gasteiger partial charge in [0.2, 0.25) is 0 Å². The third-order valence-corrected chi connectivity index (χ3v) is 24.9. The Morgan fingerprint density at radius 3 is 1.06 bits per heavy atom. The lowest BCUT2D eigenvalue weighted by molar-refractivity contribution is -0.144. The normalized spacial score (nSPS) is 14.2. The molecule has 44 heteroatoms. The molecule has 2 fully saturated rings. The van der Waals surface area contributed by atoms with E-state index < -0.39 is 133 Å². The van der Waals surface area contributed by atoms with Crippen LogP contribution in [0, 0.1) is 51.0 Å². The molecule has 0 saturated carbocycles. The summed E-state index contributed by atoms with van der Waals surface area (Å²) in [4.78, 5) is 53.2. The molecule has 0 radical (unpaired) electrons. The molecule has 2 aliphatic heterocycles. The van der Waals surface area contributed by atoms with E-state index in [-0.39, 0.29) is 73.2 Å². The number of nitrogens with two attached hydrogens (primary N) is 1. The van der Waals surface area contributed by atoms with E-state index in [9.17, 15) is 94.5 Å². The van der Waals surface area contributed by atoms with Crippen LogP contribution in [-0.2, 0) is 61.5 Å². The second-order valence-electron chi connectivity index (χ2n) is 32.5. The first-order chi connectivity index (χ1) is 68.0. The highest BCUT2D eigenvalue weighted by atomic mass is 35.5. The zero-order valence-electron chi connectivity index (χ0n) is 75.7. The minimum absolute atomic E-state index is 0.0268. The number of rotatable bonds is 23. The zero-order valence-corrected chi connectivity index (χ0v) is 78.7. The largest absolute Gasteiger partial charge is 0.464 e. The van der Waals surface area contributed by atoms with Crippen molar-refractivity contribution in [2.24, 2.45) is 0 Å². The molecular formula is C99H82Cl4F16N18O6. The number of ether oxygens (including phenoxy) is 1. The van der Waals surface area contributed by atoms with Crippen molar-refractivity contribution in [3.63, 3.8) is 0 Å². The predicted molar refractivity (Wildman–Crippen MR) is 501 cm³/mol. The Morgan fingerprint density at radius 2 is 0.727 bits per heavy atom. The summed E-state index contributed by atoms with van der Waals surface area (Å²) < 4.78 is 226. The number of halogens is 20. The van der Waals surface area contributed by atoms with Crippen LogP contribution in [0.5, 0.6) is 0 Å². The van der Waals surface area contributed by atoms with E-state index in [1.165, 1.54) is 93.5 Å². The predicted octanol–water partition coefficient (Wildman–Crippen LogP) is 24.0. The lowest BCUT2D eigenvalue weighted by atomic mass is 9.98. The fourth-order valence-corrected chi connectivity index (χ4v) is 17.1. The Hall–Kier alpha value is -14.5. The number of hydrogen-bond donors (Lipinski definition) is 2. The molecule has 10 heterocycles. The van der Waals surface area contributed by atoms with Gasteiger partial charge in [0.15, 0.2) is 40.4 Å². The molecule has 2 saturated heterocycles. The molecule has 2 aliphatic rings. The summed E-state index contributed by atoms with van der Waals surface area (Å²) in [5, 5.41) is 39.3. The van der Waals surface area contributed by atoms with Crippen molar-refractivity contribution in [3.8, 4) is 67.8 Å². The smallest absolute Gasteiger partial charge is 0.436 e. The van der Waals surface area contributed by atoms with Gasteiger partial charge in [-0.25, -0.2) is 41.1 Å². The summed E-state index contributed by atoms with van der Waals surface area (Å²) in [7, 11) is 0. The van der Waals surface area contributed by atoms with Crippen molar-refractivity contribution in [1.82, 2.24) is 78.2 Å². The Kier molecular flexibility index (Phi) is 32.1. The van der Waals surface area contributed by atoms with Gasteiger partial charge in [0, 0.05) is 65.8 Å². The van der Waals surface area contributed by atoms with Gasteiger partial charge in [0.1, 0.15) is 41.4 Å². The topological polar surface area (TPSA) is 270 Å². The molecule has 24 nitrogen and oxygen atoms in total. The number of benzene rings is 8. The molecule has 18 rings (SSSR count). The summed E-state index contributed by atoms with van der Waals surface area (Å²) in [6.45, 7) is 7.37. The lowest BCUT2D eigenvalue weighted by Crippen LogP contribution is -2.29. The molecular weight excluding hydrogens is 1980 g/mol. The lowest BCUT2D eigenvalue weighted by Gasteiger charge is -2.19. The minimum Gasteiger partial charge on any atom is -0.464 e. The first-order valence-corrected chi connectivity index (χ1v) is 45.2. The number of anilines is 2. The summed E-state index contributed by atoms with van der Waals surface area (Å²) in [5.74, 6) is -3.27. The molecule has 4 unspecified atom stereocenters. The summed E-state index contributed by atoms with van der Waals surface area (Å²) in [5.41, 5.74) is 11.9. The monoisotopic (exact) mass is 2060 g/mol. The maximum Gasteiger partial charge on any atom is 0.436 e. The molecule has 16 aromatic rings. The first kappa shape index (κ1) is 104. The van der Waals surface area contributed by atoms with Crippen LogP contribution >= 0.6 is 46.4 Å². The van der Waals surface area contributed by atoms with Gasteiger partial charge in [-0.15, -0.1) is 0 Å². The average molecular weight is 2070 g/mol. The quantitative estimate of drug-likeness (QED) is 0.0445. The van der Waals surface area contributed by atoms with Crippen LogP contribution in [0.15, 0.2) is 243 Å². The maximum absolute atomic E-state index is 13.5. The molecule has 1 amide bonds. The van der Waals surface area contributed by atoms with Crippen LogP contribution in [0.3, 0.4) is 0 Å². The number of esters is 1. The van der Waals surface area contributed by atoms with Crippen molar-refractivity contribution in [2.75, 3.05) is 30.4 Å². The van der Waals surface area contributed by atoms with Gasteiger partial charge in [-0.3, -0.25) is 33.1 Å². The number of nitrogen functional groups attached to an aromatic ring is 1. The number of cyclic esters (lactones) is 1. The number of Topliss-reactive ketones (excluding diaryl/α,β-unsaturated/α-hetero) is 2. The van der Waals surface area contributed by atoms with Gasteiger partial charge in [0.25, 0.3) is 5.91 Å². The van der Waals surface area contributed by atoms with E-state index in [4.69, 9.17) is 52.1 Å². The molecule has 0 spiro atoms. The van der Waals surface area contributed by atoms with E-state index in [1.54, 1.807) is 79.7 Å².